The van der Waals surface area contributed by atoms with E-state index < -0.39 is 0 Å². The summed E-state index contributed by atoms with van der Waals surface area (Å²) >= 11 is 0. The van der Waals surface area contributed by atoms with Gasteiger partial charge in [0.1, 0.15) is 5.69 Å². The Balaban J connectivity index is 1.34. The molecule has 0 atom stereocenters. The summed E-state index contributed by atoms with van der Waals surface area (Å²) < 4.78 is 0. The first-order chi connectivity index (χ1) is 17.8. The van der Waals surface area contributed by atoms with Crippen LogP contribution in [0.15, 0.2) is 125 Å². The van der Waals surface area contributed by atoms with Gasteiger partial charge < -0.3 is 0 Å². The first-order valence-corrected chi connectivity index (χ1v) is 11.5. The van der Waals surface area contributed by atoms with Crippen molar-refractivity contribution in [2.75, 3.05) is 10.0 Å². The van der Waals surface area contributed by atoms with Crippen molar-refractivity contribution in [1.29, 1.82) is 0 Å². The summed E-state index contributed by atoms with van der Waals surface area (Å²) in [5, 5.41) is 21.6. The smallest absolute Gasteiger partial charge is 0.113 e. The van der Waals surface area contributed by atoms with E-state index in [-0.39, 0.29) is 0 Å². The lowest BCUT2D eigenvalue weighted by Gasteiger charge is -2.22. The Morgan fingerprint density at radius 1 is 0.611 bits per heavy atom. The van der Waals surface area contributed by atoms with E-state index in [9.17, 15) is 0 Å². The van der Waals surface area contributed by atoms with Crippen molar-refractivity contribution >= 4 is 36.0 Å². The maximum absolute atomic E-state index is 4.65. The molecule has 0 radical (unpaired) electrons. The number of hydrazone groups is 2. The lowest BCUT2D eigenvalue weighted by atomic mass is 10.1. The zero-order valence-corrected chi connectivity index (χ0v) is 19.3. The first-order valence-electron chi connectivity index (χ1n) is 11.5. The van der Waals surface area contributed by atoms with Crippen LogP contribution in [0.2, 0.25) is 0 Å². The third-order valence-electron chi connectivity index (χ3n) is 5.72. The van der Waals surface area contributed by atoms with Crippen molar-refractivity contribution in [3.8, 4) is 11.3 Å². The Bertz CT molecular complexity index is 1530. The molecule has 0 unspecified atom stereocenters. The van der Waals surface area contributed by atoms with Gasteiger partial charge in [-0.1, -0.05) is 36.4 Å². The second-order valence-electron chi connectivity index (χ2n) is 8.08. The van der Waals surface area contributed by atoms with Crippen molar-refractivity contribution in [3.63, 3.8) is 0 Å². The molecule has 7 nitrogen and oxygen atoms in total. The maximum atomic E-state index is 4.65. The molecule has 0 bridgehead atoms. The molecule has 0 spiro atoms. The molecule has 2 aromatic carbocycles. The van der Waals surface area contributed by atoms with Crippen LogP contribution in [0.4, 0.5) is 11.4 Å². The van der Waals surface area contributed by atoms with E-state index in [2.05, 4.69) is 25.4 Å². The number of aromatic nitrogens is 3. The molecule has 0 saturated heterocycles. The average molecular weight is 468 g/mol. The van der Waals surface area contributed by atoms with Crippen molar-refractivity contribution in [3.05, 3.63) is 126 Å². The minimum atomic E-state index is 0.721. The fourth-order valence-corrected chi connectivity index (χ4v) is 4.00. The highest BCUT2D eigenvalue weighted by molar-refractivity contribution is 5.82. The van der Waals surface area contributed by atoms with Gasteiger partial charge in [-0.2, -0.15) is 10.2 Å². The van der Waals surface area contributed by atoms with Crippen LogP contribution < -0.4 is 10.0 Å². The molecular formula is C29H21N7. The van der Waals surface area contributed by atoms with Crippen LogP contribution in [0.3, 0.4) is 0 Å². The number of rotatable bonds is 4. The monoisotopic (exact) mass is 467 g/mol. The lowest BCUT2D eigenvalue weighted by molar-refractivity contribution is 1.03. The number of benzene rings is 2. The highest BCUT2D eigenvalue weighted by atomic mass is 15.5. The predicted octanol–water partition coefficient (Wildman–Crippen LogP) is 5.78. The largest absolute Gasteiger partial charge is 0.254 e. The van der Waals surface area contributed by atoms with Crippen LogP contribution in [0.25, 0.3) is 23.4 Å². The van der Waals surface area contributed by atoms with Gasteiger partial charge in [-0.3, -0.25) is 4.98 Å². The predicted molar refractivity (Wildman–Crippen MR) is 146 cm³/mol. The highest BCUT2D eigenvalue weighted by Crippen LogP contribution is 2.29. The number of fused-ring (bicyclic) bond motifs is 1. The lowest BCUT2D eigenvalue weighted by Crippen LogP contribution is -2.16. The molecule has 0 aliphatic carbocycles. The third-order valence-corrected chi connectivity index (χ3v) is 5.72. The molecule has 4 aliphatic rings. The normalized spacial score (nSPS) is 17.0. The van der Waals surface area contributed by atoms with E-state index in [4.69, 9.17) is 0 Å². The van der Waals surface area contributed by atoms with Crippen molar-refractivity contribution in [2.24, 2.45) is 10.2 Å². The van der Waals surface area contributed by atoms with Crippen LogP contribution in [0, 0.1) is 0 Å². The van der Waals surface area contributed by atoms with Gasteiger partial charge in [0, 0.05) is 18.0 Å². The molecule has 2 aromatic rings. The number of hydrogen-bond acceptors (Lipinski definition) is 7. The fourth-order valence-electron chi connectivity index (χ4n) is 4.00. The standard InChI is InChI=1S/C29H21N7/c1-3-9-23(10-4-1)35-25(13-7-17-31-35)19-22-15-16-27-28(33-34-29(27)21-30-22)20-26-14-8-18-32-36(26)24-11-5-2-6-12-24/h1-21H/b25-19+,26-20+. The average Bonchev–Trinajstić information content (AvgIpc) is 3.21. The third kappa shape index (κ3) is 4.33. The maximum Gasteiger partial charge on any atom is 0.113 e. The van der Waals surface area contributed by atoms with E-state index in [1.807, 2.05) is 119 Å². The Hall–Kier alpha value is -5.17. The molecule has 0 fully saturated rings. The van der Waals surface area contributed by atoms with E-state index in [1.165, 1.54) is 0 Å². The minimum absolute atomic E-state index is 0.721. The number of anilines is 2. The quantitative estimate of drug-likeness (QED) is 0.380. The fraction of sp³-hybridized carbons (Fsp3) is 0. The molecule has 36 heavy (non-hydrogen) atoms. The van der Waals surface area contributed by atoms with Crippen LogP contribution in [0.5, 0.6) is 0 Å². The van der Waals surface area contributed by atoms with Gasteiger partial charge in [-0.25, -0.2) is 10.0 Å². The van der Waals surface area contributed by atoms with E-state index in [1.54, 1.807) is 18.6 Å². The summed E-state index contributed by atoms with van der Waals surface area (Å²) in [6.07, 6.45) is 17.1. The van der Waals surface area contributed by atoms with Gasteiger partial charge in [-0.05, 0) is 72.9 Å². The Morgan fingerprint density at radius 2 is 1.22 bits per heavy atom. The summed E-state index contributed by atoms with van der Waals surface area (Å²) in [7, 11) is 0. The zero-order chi connectivity index (χ0) is 24.2. The summed E-state index contributed by atoms with van der Waals surface area (Å²) in [5.41, 5.74) is 6.95. The SMILES string of the molecule is C1=C/C(=C\c2ccc3c(/C=C4\C=CC=NN4c4ccccc4)nnc-3cn2)N(c2ccccc2)N=C1. The van der Waals surface area contributed by atoms with Crippen LogP contribution in [-0.4, -0.2) is 27.6 Å². The second-order valence-corrected chi connectivity index (χ2v) is 8.08. The summed E-state index contributed by atoms with van der Waals surface area (Å²) in [4.78, 5) is 4.65. The van der Waals surface area contributed by atoms with Gasteiger partial charge in [0.25, 0.3) is 0 Å². The van der Waals surface area contributed by atoms with Crippen LogP contribution >= 0.6 is 0 Å². The molecule has 7 heteroatoms. The Morgan fingerprint density at radius 3 is 1.86 bits per heavy atom. The topological polar surface area (TPSA) is 69.9 Å². The zero-order valence-electron chi connectivity index (χ0n) is 19.3. The molecular weight excluding hydrogens is 446 g/mol. The van der Waals surface area contributed by atoms with Gasteiger partial charge in [0.05, 0.1) is 40.4 Å². The second kappa shape index (κ2) is 9.60. The van der Waals surface area contributed by atoms with Crippen LogP contribution in [0.1, 0.15) is 11.4 Å². The highest BCUT2D eigenvalue weighted by Gasteiger charge is 2.16. The molecule has 0 amide bonds. The summed E-state index contributed by atoms with van der Waals surface area (Å²) in [6.45, 7) is 0. The molecule has 6 rings (SSSR count). The number of hydrogen-bond donors (Lipinski definition) is 0. The van der Waals surface area contributed by atoms with Crippen LogP contribution in [-0.2, 0) is 0 Å². The van der Waals surface area contributed by atoms with Gasteiger partial charge in [0.15, 0.2) is 0 Å². The molecule has 0 saturated carbocycles. The Kier molecular flexibility index (Phi) is 5.70. The number of nitrogens with zero attached hydrogens (tertiary/aromatic N) is 7. The molecule has 4 aliphatic heterocycles. The summed E-state index contributed by atoms with van der Waals surface area (Å²) in [5.74, 6) is 0. The first kappa shape index (κ1) is 21.4. The van der Waals surface area contributed by atoms with E-state index in [0.717, 1.165) is 45.4 Å². The van der Waals surface area contributed by atoms with Gasteiger partial charge >= 0.3 is 0 Å². The molecule has 172 valence electrons. The summed E-state index contributed by atoms with van der Waals surface area (Å²) in [6, 6.07) is 24.0. The van der Waals surface area contributed by atoms with Crippen molar-refractivity contribution < 1.29 is 0 Å². The molecule has 4 heterocycles. The number of para-hydroxylation sites is 2. The van der Waals surface area contributed by atoms with Crippen molar-refractivity contribution in [2.45, 2.75) is 0 Å². The van der Waals surface area contributed by atoms with E-state index in [0.29, 0.717) is 0 Å². The molecule has 0 aromatic heterocycles. The molecule has 0 N–H and O–H groups in total. The van der Waals surface area contributed by atoms with Gasteiger partial charge in [0.2, 0.25) is 0 Å². The van der Waals surface area contributed by atoms with Gasteiger partial charge in [-0.15, -0.1) is 10.2 Å². The number of allylic oxidation sites excluding steroid dienone is 4. The minimum Gasteiger partial charge on any atom is -0.254 e. The van der Waals surface area contributed by atoms with E-state index >= 15 is 0 Å². The van der Waals surface area contributed by atoms with Crippen molar-refractivity contribution in [1.82, 2.24) is 15.2 Å². The Labute approximate surface area is 208 Å².